The fourth-order valence-corrected chi connectivity index (χ4v) is 1.60. The fraction of sp³-hybridized carbons (Fsp3) is 0.583. The summed E-state index contributed by atoms with van der Waals surface area (Å²) in [6, 6.07) is 3.60. The average molecular weight is 234 g/mol. The molecule has 0 saturated heterocycles. The van der Waals surface area contributed by atoms with Crippen LogP contribution < -0.4 is 5.32 Å². The summed E-state index contributed by atoms with van der Waals surface area (Å²) in [5.74, 6) is 0.387. The van der Waals surface area contributed by atoms with Crippen LogP contribution in [0.1, 0.15) is 38.1 Å². The number of hydrogen-bond acceptors (Lipinski definition) is 5. The topological polar surface area (TPSA) is 81.8 Å². The van der Waals surface area contributed by atoms with Gasteiger partial charge in [0.25, 0.3) is 0 Å². The van der Waals surface area contributed by atoms with Crippen molar-refractivity contribution in [1.29, 1.82) is 5.26 Å². The van der Waals surface area contributed by atoms with E-state index in [1.54, 1.807) is 19.9 Å². The molecule has 1 atom stereocenters. The normalized spacial score (nSPS) is 13.8. The molecule has 0 spiro atoms. The highest BCUT2D eigenvalue weighted by Crippen LogP contribution is 2.12. The number of hydrogen-bond donors (Lipinski definition) is 2. The molecule has 17 heavy (non-hydrogen) atoms. The van der Waals surface area contributed by atoms with Gasteiger partial charge in [0.05, 0.1) is 5.60 Å². The Bertz CT molecular complexity index is 423. The van der Waals surface area contributed by atoms with Gasteiger partial charge >= 0.3 is 0 Å². The van der Waals surface area contributed by atoms with Crippen LogP contribution in [0.2, 0.25) is 0 Å². The first-order valence-electron chi connectivity index (χ1n) is 5.69. The summed E-state index contributed by atoms with van der Waals surface area (Å²) in [4.78, 5) is 8.18. The molecule has 0 saturated carbocycles. The summed E-state index contributed by atoms with van der Waals surface area (Å²) in [7, 11) is 0. The smallest absolute Gasteiger partial charge is 0.224 e. The minimum atomic E-state index is -0.783. The molecule has 0 aliphatic rings. The lowest BCUT2D eigenvalue weighted by atomic mass is 10.0. The molecule has 1 aromatic rings. The Kier molecular flexibility index (Phi) is 4.41. The predicted molar refractivity (Wildman–Crippen MR) is 65.5 cm³/mol. The molecule has 1 unspecified atom stereocenters. The van der Waals surface area contributed by atoms with Gasteiger partial charge in [-0.3, -0.25) is 0 Å². The highest BCUT2D eigenvalue weighted by molar-refractivity contribution is 5.33. The number of rotatable bonds is 5. The summed E-state index contributed by atoms with van der Waals surface area (Å²) in [5, 5.41) is 21.7. The molecule has 1 aromatic heterocycles. The highest BCUT2D eigenvalue weighted by Gasteiger charge is 2.19. The Balaban J connectivity index is 2.70. The van der Waals surface area contributed by atoms with Crippen LogP contribution in [0.25, 0.3) is 0 Å². The Hall–Kier alpha value is -1.67. The Morgan fingerprint density at radius 1 is 1.53 bits per heavy atom. The van der Waals surface area contributed by atoms with Crippen molar-refractivity contribution in [3.05, 3.63) is 17.5 Å². The molecule has 0 amide bonds. The summed E-state index contributed by atoms with van der Waals surface area (Å²) < 4.78 is 0. The minimum absolute atomic E-state index is 0.329. The molecular formula is C12H18N4O. The van der Waals surface area contributed by atoms with E-state index in [0.29, 0.717) is 24.6 Å². The molecular weight excluding hydrogens is 216 g/mol. The van der Waals surface area contributed by atoms with Crippen LogP contribution in [-0.2, 0) is 0 Å². The number of nitrogens with one attached hydrogen (secondary N) is 1. The molecule has 92 valence electrons. The van der Waals surface area contributed by atoms with Crippen LogP contribution in [0, 0.1) is 18.3 Å². The zero-order valence-electron chi connectivity index (χ0n) is 10.5. The molecule has 2 N–H and O–H groups in total. The molecule has 0 fully saturated rings. The van der Waals surface area contributed by atoms with Crippen LogP contribution in [0.4, 0.5) is 5.95 Å². The van der Waals surface area contributed by atoms with Crippen LogP contribution in [0.5, 0.6) is 0 Å². The lowest BCUT2D eigenvalue weighted by Gasteiger charge is -2.22. The second-order valence-electron chi connectivity index (χ2n) is 4.43. The first-order valence-corrected chi connectivity index (χ1v) is 5.69. The lowest BCUT2D eigenvalue weighted by Crippen LogP contribution is -2.33. The zero-order chi connectivity index (χ0) is 12.9. The number of anilines is 1. The van der Waals surface area contributed by atoms with Crippen molar-refractivity contribution in [2.24, 2.45) is 0 Å². The van der Waals surface area contributed by atoms with Gasteiger partial charge in [0, 0.05) is 12.2 Å². The van der Waals surface area contributed by atoms with Gasteiger partial charge in [-0.1, -0.05) is 13.3 Å². The number of aromatic nitrogens is 2. The van der Waals surface area contributed by atoms with Crippen molar-refractivity contribution in [3.8, 4) is 6.07 Å². The fourth-order valence-electron chi connectivity index (χ4n) is 1.60. The molecule has 0 bridgehead atoms. The maximum atomic E-state index is 9.99. The number of aliphatic hydroxyl groups is 1. The predicted octanol–water partition coefficient (Wildman–Crippen LogP) is 1.62. The second kappa shape index (κ2) is 5.60. The molecule has 1 heterocycles. The lowest BCUT2D eigenvalue weighted by molar-refractivity contribution is 0.0635. The standard InChI is InChI=1S/C12H18N4O/c1-4-5-12(3,17)8-14-11-15-9(2)6-10(7-13)16-11/h6,17H,4-5,8H2,1-3H3,(H,14,15,16). The van der Waals surface area contributed by atoms with Crippen LogP contribution in [0.15, 0.2) is 6.07 Å². The van der Waals surface area contributed by atoms with Crippen LogP contribution >= 0.6 is 0 Å². The highest BCUT2D eigenvalue weighted by atomic mass is 16.3. The first kappa shape index (κ1) is 13.4. The van der Waals surface area contributed by atoms with Gasteiger partial charge < -0.3 is 10.4 Å². The zero-order valence-corrected chi connectivity index (χ0v) is 10.5. The number of nitrogens with zero attached hydrogens (tertiary/aromatic N) is 3. The molecule has 5 heteroatoms. The Morgan fingerprint density at radius 3 is 2.82 bits per heavy atom. The van der Waals surface area contributed by atoms with Gasteiger partial charge in [-0.25, -0.2) is 9.97 Å². The van der Waals surface area contributed by atoms with Crippen molar-refractivity contribution in [2.75, 3.05) is 11.9 Å². The van der Waals surface area contributed by atoms with Crippen molar-refractivity contribution in [3.63, 3.8) is 0 Å². The maximum absolute atomic E-state index is 9.99. The third-order valence-electron chi connectivity index (χ3n) is 2.38. The van der Waals surface area contributed by atoms with Gasteiger partial charge in [-0.05, 0) is 26.3 Å². The molecule has 0 radical (unpaired) electrons. The van der Waals surface area contributed by atoms with Crippen molar-refractivity contribution in [2.45, 2.75) is 39.2 Å². The first-order chi connectivity index (χ1) is 7.96. The summed E-state index contributed by atoms with van der Waals surface area (Å²) in [6.45, 7) is 5.96. The molecule has 0 aliphatic heterocycles. The van der Waals surface area contributed by atoms with Gasteiger partial charge in [-0.15, -0.1) is 0 Å². The minimum Gasteiger partial charge on any atom is -0.388 e. The molecule has 0 aliphatic carbocycles. The van der Waals surface area contributed by atoms with E-state index in [9.17, 15) is 5.11 Å². The third kappa shape index (κ3) is 4.37. The van der Waals surface area contributed by atoms with Gasteiger partial charge in [0.1, 0.15) is 11.8 Å². The van der Waals surface area contributed by atoms with E-state index in [1.807, 2.05) is 13.0 Å². The SMILES string of the molecule is CCCC(C)(O)CNc1nc(C)cc(C#N)n1. The maximum Gasteiger partial charge on any atom is 0.224 e. The largest absolute Gasteiger partial charge is 0.388 e. The summed E-state index contributed by atoms with van der Waals surface area (Å²) >= 11 is 0. The van der Waals surface area contributed by atoms with Crippen molar-refractivity contribution >= 4 is 5.95 Å². The second-order valence-corrected chi connectivity index (χ2v) is 4.43. The van der Waals surface area contributed by atoms with E-state index in [0.717, 1.165) is 12.1 Å². The number of nitriles is 1. The monoisotopic (exact) mass is 234 g/mol. The van der Waals surface area contributed by atoms with E-state index >= 15 is 0 Å². The molecule has 1 rings (SSSR count). The van der Waals surface area contributed by atoms with Crippen molar-refractivity contribution in [1.82, 2.24) is 9.97 Å². The van der Waals surface area contributed by atoms with Gasteiger partial charge in [0.2, 0.25) is 5.95 Å². The van der Waals surface area contributed by atoms with Crippen LogP contribution in [-0.4, -0.2) is 27.2 Å². The molecule has 5 nitrogen and oxygen atoms in total. The number of aryl methyl sites for hydroxylation is 1. The quantitative estimate of drug-likeness (QED) is 0.809. The van der Waals surface area contributed by atoms with Crippen molar-refractivity contribution < 1.29 is 5.11 Å². The van der Waals surface area contributed by atoms with Crippen LogP contribution in [0.3, 0.4) is 0 Å². The Labute approximate surface area is 102 Å². The average Bonchev–Trinajstić information content (AvgIpc) is 2.26. The van der Waals surface area contributed by atoms with E-state index < -0.39 is 5.60 Å². The van der Waals surface area contributed by atoms with E-state index in [4.69, 9.17) is 5.26 Å². The Morgan fingerprint density at radius 2 is 2.24 bits per heavy atom. The summed E-state index contributed by atoms with van der Waals surface area (Å²) in [5.41, 5.74) is 0.276. The van der Waals surface area contributed by atoms with Gasteiger partial charge in [-0.2, -0.15) is 5.26 Å². The summed E-state index contributed by atoms with van der Waals surface area (Å²) in [6.07, 6.45) is 1.61. The van der Waals surface area contributed by atoms with E-state index in [2.05, 4.69) is 15.3 Å². The van der Waals surface area contributed by atoms with E-state index in [1.165, 1.54) is 0 Å². The van der Waals surface area contributed by atoms with Gasteiger partial charge in [0.15, 0.2) is 0 Å². The van der Waals surface area contributed by atoms with E-state index in [-0.39, 0.29) is 0 Å². The molecule has 0 aromatic carbocycles. The third-order valence-corrected chi connectivity index (χ3v) is 2.38.